The van der Waals surface area contributed by atoms with E-state index < -0.39 is 17.8 Å². The molecule has 5 nitrogen and oxygen atoms in total. The minimum absolute atomic E-state index is 0.0136. The summed E-state index contributed by atoms with van der Waals surface area (Å²) in [6, 6.07) is 12.7. The van der Waals surface area contributed by atoms with E-state index in [1.54, 1.807) is 6.07 Å². The lowest BCUT2D eigenvalue weighted by Gasteiger charge is -2.26. The highest BCUT2D eigenvalue weighted by atomic mass is 32.2. The first-order valence-corrected chi connectivity index (χ1v) is 12.4. The Bertz CT molecular complexity index is 937. The van der Waals surface area contributed by atoms with E-state index in [1.807, 2.05) is 24.3 Å². The molecule has 2 aromatic rings. The average Bonchev–Trinajstić information content (AvgIpc) is 2.78. The first kappa shape index (κ1) is 25.2. The zero-order chi connectivity index (χ0) is 23.8. The van der Waals surface area contributed by atoms with Crippen molar-refractivity contribution in [3.05, 3.63) is 59.9 Å². The molecule has 1 aliphatic rings. The van der Waals surface area contributed by atoms with E-state index >= 15 is 0 Å². The van der Waals surface area contributed by atoms with Gasteiger partial charge >= 0.3 is 0 Å². The SMILES string of the molecule is CC(C)(C)NSc1ccc(NC(=O)[C@H](CC2CCCCC2)NC(=O)c2ccccc2F)cc1. The molecule has 0 radical (unpaired) electrons. The van der Waals surface area contributed by atoms with Crippen LogP contribution in [0.15, 0.2) is 53.4 Å². The molecule has 178 valence electrons. The van der Waals surface area contributed by atoms with Crippen LogP contribution in [-0.4, -0.2) is 23.4 Å². The lowest BCUT2D eigenvalue weighted by atomic mass is 9.84. The van der Waals surface area contributed by atoms with Gasteiger partial charge in [0, 0.05) is 16.1 Å². The Labute approximate surface area is 200 Å². The molecule has 0 bridgehead atoms. The molecule has 3 N–H and O–H groups in total. The molecular weight excluding hydrogens is 437 g/mol. The Hall–Kier alpha value is -2.38. The molecule has 7 heteroatoms. The van der Waals surface area contributed by atoms with Gasteiger partial charge in [-0.2, -0.15) is 0 Å². The van der Waals surface area contributed by atoms with Gasteiger partial charge in [0.05, 0.1) is 5.56 Å². The molecule has 1 aliphatic carbocycles. The second kappa shape index (κ2) is 11.7. The van der Waals surface area contributed by atoms with Gasteiger partial charge in [-0.25, -0.2) is 4.39 Å². The van der Waals surface area contributed by atoms with Crippen molar-refractivity contribution in [3.63, 3.8) is 0 Å². The van der Waals surface area contributed by atoms with Gasteiger partial charge in [-0.3, -0.25) is 14.3 Å². The van der Waals surface area contributed by atoms with Gasteiger partial charge in [0.1, 0.15) is 11.9 Å². The second-order valence-corrected chi connectivity index (χ2v) is 10.6. The van der Waals surface area contributed by atoms with Crippen LogP contribution in [0.3, 0.4) is 0 Å². The molecule has 1 fully saturated rings. The normalized spacial score (nSPS) is 15.6. The summed E-state index contributed by atoms with van der Waals surface area (Å²) >= 11 is 1.54. The molecule has 0 heterocycles. The standard InChI is InChI=1S/C26H34FN3O2S/c1-26(2,3)30-33-20-15-13-19(14-16-20)28-25(32)23(17-18-9-5-4-6-10-18)29-24(31)21-11-7-8-12-22(21)27/h7-8,11-16,18,23,30H,4-6,9-10,17H2,1-3H3,(H,28,32)(H,29,31)/t23-/m0/s1. The van der Waals surface area contributed by atoms with Gasteiger partial charge in [-0.05, 0) is 81.5 Å². The summed E-state index contributed by atoms with van der Waals surface area (Å²) in [5.74, 6) is -1.07. The fourth-order valence-electron chi connectivity index (χ4n) is 3.92. The molecule has 0 aliphatic heterocycles. The van der Waals surface area contributed by atoms with Crippen LogP contribution in [-0.2, 0) is 4.79 Å². The zero-order valence-corrected chi connectivity index (χ0v) is 20.4. The largest absolute Gasteiger partial charge is 0.340 e. The summed E-state index contributed by atoms with van der Waals surface area (Å²) in [5.41, 5.74) is 0.598. The number of amides is 2. The van der Waals surface area contributed by atoms with Crippen LogP contribution in [0, 0.1) is 11.7 Å². The molecule has 3 rings (SSSR count). The van der Waals surface area contributed by atoms with Crippen LogP contribution in [0.4, 0.5) is 10.1 Å². The molecule has 1 atom stereocenters. The number of hydrogen-bond donors (Lipinski definition) is 3. The van der Waals surface area contributed by atoms with Crippen molar-refractivity contribution < 1.29 is 14.0 Å². The Kier molecular flexibility index (Phi) is 8.92. The van der Waals surface area contributed by atoms with Gasteiger partial charge in [-0.1, -0.05) is 44.2 Å². The molecule has 1 saturated carbocycles. The Morgan fingerprint density at radius 2 is 1.70 bits per heavy atom. The second-order valence-electron chi connectivity index (χ2n) is 9.71. The highest BCUT2D eigenvalue weighted by Gasteiger charge is 2.27. The van der Waals surface area contributed by atoms with E-state index in [1.165, 1.54) is 36.6 Å². The number of hydrogen-bond acceptors (Lipinski definition) is 4. The minimum atomic E-state index is -0.725. The van der Waals surface area contributed by atoms with Crippen molar-refractivity contribution in [2.45, 2.75) is 75.8 Å². The fourth-order valence-corrected chi connectivity index (χ4v) is 4.61. The number of anilines is 1. The van der Waals surface area contributed by atoms with Crippen LogP contribution < -0.4 is 15.4 Å². The van der Waals surface area contributed by atoms with Crippen molar-refractivity contribution in [1.29, 1.82) is 0 Å². The van der Waals surface area contributed by atoms with E-state index in [9.17, 15) is 14.0 Å². The third-order valence-electron chi connectivity index (χ3n) is 5.63. The predicted octanol–water partition coefficient (Wildman–Crippen LogP) is 5.93. The Balaban J connectivity index is 1.67. The van der Waals surface area contributed by atoms with Crippen LogP contribution in [0.2, 0.25) is 0 Å². The van der Waals surface area contributed by atoms with Crippen LogP contribution in [0.1, 0.15) is 69.7 Å². The monoisotopic (exact) mass is 471 g/mol. The molecule has 0 saturated heterocycles. The fraction of sp³-hybridized carbons (Fsp3) is 0.462. The van der Waals surface area contributed by atoms with E-state index in [0.717, 1.165) is 30.6 Å². The maximum absolute atomic E-state index is 14.1. The Morgan fingerprint density at radius 3 is 2.33 bits per heavy atom. The van der Waals surface area contributed by atoms with Crippen LogP contribution >= 0.6 is 11.9 Å². The van der Waals surface area contributed by atoms with Gasteiger partial charge in [0.2, 0.25) is 5.91 Å². The third-order valence-corrected chi connectivity index (χ3v) is 6.85. The maximum Gasteiger partial charge on any atom is 0.254 e. The van der Waals surface area contributed by atoms with E-state index in [2.05, 4.69) is 36.1 Å². The van der Waals surface area contributed by atoms with Crippen molar-refractivity contribution in [3.8, 4) is 0 Å². The summed E-state index contributed by atoms with van der Waals surface area (Å²) in [6.07, 6.45) is 6.14. The van der Waals surface area contributed by atoms with Gasteiger partial charge < -0.3 is 10.6 Å². The summed E-state index contributed by atoms with van der Waals surface area (Å²) < 4.78 is 17.5. The average molecular weight is 472 g/mol. The number of carbonyl (C=O) groups excluding carboxylic acids is 2. The highest BCUT2D eigenvalue weighted by Crippen LogP contribution is 2.28. The maximum atomic E-state index is 14.1. The number of benzene rings is 2. The molecular formula is C26H34FN3O2S. The van der Waals surface area contributed by atoms with Crippen LogP contribution in [0.25, 0.3) is 0 Å². The van der Waals surface area contributed by atoms with Crippen LogP contribution in [0.5, 0.6) is 0 Å². The number of halogens is 1. The number of carbonyl (C=O) groups is 2. The van der Waals surface area contributed by atoms with E-state index in [-0.39, 0.29) is 17.0 Å². The van der Waals surface area contributed by atoms with Crippen molar-refractivity contribution >= 4 is 29.4 Å². The quantitative estimate of drug-likeness (QED) is 0.418. The van der Waals surface area contributed by atoms with Gasteiger partial charge in [0.25, 0.3) is 5.91 Å². The molecule has 0 spiro atoms. The summed E-state index contributed by atoms with van der Waals surface area (Å²) in [4.78, 5) is 26.9. The van der Waals surface area contributed by atoms with Crippen molar-refractivity contribution in [1.82, 2.24) is 10.0 Å². The van der Waals surface area contributed by atoms with Gasteiger partial charge in [0.15, 0.2) is 0 Å². The number of rotatable bonds is 8. The molecule has 0 aromatic heterocycles. The lowest BCUT2D eigenvalue weighted by Crippen LogP contribution is -2.45. The van der Waals surface area contributed by atoms with Crippen molar-refractivity contribution in [2.75, 3.05) is 5.32 Å². The minimum Gasteiger partial charge on any atom is -0.340 e. The third kappa shape index (κ3) is 8.16. The summed E-state index contributed by atoms with van der Waals surface area (Å²) in [7, 11) is 0. The van der Waals surface area contributed by atoms with E-state index in [4.69, 9.17) is 0 Å². The molecule has 2 amide bonds. The highest BCUT2D eigenvalue weighted by molar-refractivity contribution is 7.97. The zero-order valence-electron chi connectivity index (χ0n) is 19.6. The summed E-state index contributed by atoms with van der Waals surface area (Å²) in [5, 5.41) is 5.71. The van der Waals surface area contributed by atoms with Crippen molar-refractivity contribution in [2.24, 2.45) is 5.92 Å². The first-order chi connectivity index (χ1) is 15.7. The first-order valence-electron chi connectivity index (χ1n) is 11.6. The van der Waals surface area contributed by atoms with Gasteiger partial charge in [-0.15, -0.1) is 0 Å². The molecule has 33 heavy (non-hydrogen) atoms. The summed E-state index contributed by atoms with van der Waals surface area (Å²) in [6.45, 7) is 6.28. The lowest BCUT2D eigenvalue weighted by molar-refractivity contribution is -0.118. The van der Waals surface area contributed by atoms with E-state index in [0.29, 0.717) is 18.0 Å². The molecule has 2 aromatic carbocycles. The predicted molar refractivity (Wildman–Crippen MR) is 133 cm³/mol. The topological polar surface area (TPSA) is 70.2 Å². The number of nitrogens with one attached hydrogen (secondary N) is 3. The Morgan fingerprint density at radius 1 is 1.03 bits per heavy atom. The molecule has 0 unspecified atom stereocenters. The smallest absolute Gasteiger partial charge is 0.254 e.